The number of nitrogens with one attached hydrogen (secondary N) is 2. The van der Waals surface area contributed by atoms with Crippen LogP contribution < -0.4 is 16.3 Å². The molecule has 1 fully saturated rings. The summed E-state index contributed by atoms with van der Waals surface area (Å²) < 4.78 is 5.19. The molecule has 128 valence electrons. The fourth-order valence-electron chi connectivity index (χ4n) is 2.89. The summed E-state index contributed by atoms with van der Waals surface area (Å²) in [6.07, 6.45) is 5.52. The molecule has 7 heteroatoms. The molecule has 0 bridgehead atoms. The van der Waals surface area contributed by atoms with Crippen molar-refractivity contribution < 1.29 is 9.21 Å². The van der Waals surface area contributed by atoms with Gasteiger partial charge >= 0.3 is 11.7 Å². The minimum atomic E-state index is -0.405. The molecule has 0 unspecified atom stereocenters. The average Bonchev–Trinajstić information content (AvgIpc) is 2.92. The lowest BCUT2D eigenvalue weighted by molar-refractivity contribution is 0.262. The topological polar surface area (TPSA) is 84.2 Å². The van der Waals surface area contributed by atoms with Crippen molar-refractivity contribution in [1.29, 1.82) is 0 Å². The predicted octanol–water partition coefficient (Wildman–Crippen LogP) is 4.47. The van der Waals surface area contributed by atoms with Crippen molar-refractivity contribution in [3.8, 4) is 0 Å². The Bertz CT molecular complexity index is 1000. The van der Waals surface area contributed by atoms with Gasteiger partial charge in [-0.05, 0) is 43.4 Å². The standard InChI is InChI=1S/C18H17N3O3S/c1-10-7-16(22)24-14-8-12(5-6-13(10)14)20-17(23)21-18-19-9-15(25-18)11-3-2-4-11/h5-9,11H,2-4H2,1H3,(H2,19,20,21,23). The average molecular weight is 355 g/mol. The van der Waals surface area contributed by atoms with E-state index in [0.29, 0.717) is 22.3 Å². The zero-order valence-corrected chi connectivity index (χ0v) is 14.5. The molecule has 0 aliphatic heterocycles. The summed E-state index contributed by atoms with van der Waals surface area (Å²) >= 11 is 1.52. The zero-order valence-electron chi connectivity index (χ0n) is 13.7. The largest absolute Gasteiger partial charge is 0.423 e. The van der Waals surface area contributed by atoms with Gasteiger partial charge in [-0.2, -0.15) is 0 Å². The highest BCUT2D eigenvalue weighted by atomic mass is 32.1. The molecule has 4 rings (SSSR count). The van der Waals surface area contributed by atoms with Crippen molar-refractivity contribution in [2.45, 2.75) is 32.1 Å². The van der Waals surface area contributed by atoms with Crippen LogP contribution in [0.15, 0.2) is 39.7 Å². The number of aryl methyl sites for hydroxylation is 1. The van der Waals surface area contributed by atoms with E-state index in [1.54, 1.807) is 12.1 Å². The van der Waals surface area contributed by atoms with Gasteiger partial charge in [-0.1, -0.05) is 6.42 Å². The highest BCUT2D eigenvalue weighted by molar-refractivity contribution is 7.15. The quantitative estimate of drug-likeness (QED) is 0.679. The molecule has 0 atom stereocenters. The van der Waals surface area contributed by atoms with Crippen LogP contribution in [0.25, 0.3) is 11.0 Å². The van der Waals surface area contributed by atoms with Gasteiger partial charge in [0.1, 0.15) is 5.58 Å². The first-order valence-corrected chi connectivity index (χ1v) is 8.98. The van der Waals surface area contributed by atoms with E-state index in [2.05, 4.69) is 15.6 Å². The highest BCUT2D eigenvalue weighted by Gasteiger charge is 2.22. The Labute approximate surface area is 147 Å². The first kappa shape index (κ1) is 15.8. The summed E-state index contributed by atoms with van der Waals surface area (Å²) in [4.78, 5) is 29.1. The Balaban J connectivity index is 1.47. The number of urea groups is 1. The van der Waals surface area contributed by atoms with E-state index in [9.17, 15) is 9.59 Å². The lowest BCUT2D eigenvalue weighted by Crippen LogP contribution is -2.19. The molecule has 2 N–H and O–H groups in total. The number of hydrogen-bond acceptors (Lipinski definition) is 5. The van der Waals surface area contributed by atoms with Gasteiger partial charge in [0, 0.05) is 34.3 Å². The van der Waals surface area contributed by atoms with E-state index in [1.807, 2.05) is 19.2 Å². The van der Waals surface area contributed by atoms with Crippen LogP contribution in [-0.2, 0) is 0 Å². The van der Waals surface area contributed by atoms with Crippen molar-refractivity contribution in [1.82, 2.24) is 4.98 Å². The van der Waals surface area contributed by atoms with Gasteiger partial charge < -0.3 is 9.73 Å². The summed E-state index contributed by atoms with van der Waals surface area (Å²) in [5.74, 6) is 0.600. The number of fused-ring (bicyclic) bond motifs is 1. The summed E-state index contributed by atoms with van der Waals surface area (Å²) in [5.41, 5.74) is 1.44. The molecular weight excluding hydrogens is 338 g/mol. The third-order valence-electron chi connectivity index (χ3n) is 4.46. The fraction of sp³-hybridized carbons (Fsp3) is 0.278. The van der Waals surface area contributed by atoms with Crippen molar-refractivity contribution in [2.75, 3.05) is 10.6 Å². The molecule has 2 aromatic heterocycles. The van der Waals surface area contributed by atoms with Crippen LogP contribution in [0.5, 0.6) is 0 Å². The third kappa shape index (κ3) is 3.28. The molecule has 1 aliphatic carbocycles. The van der Waals surface area contributed by atoms with E-state index in [-0.39, 0.29) is 6.03 Å². The molecule has 1 saturated carbocycles. The summed E-state index contributed by atoms with van der Waals surface area (Å²) in [6, 6.07) is 6.32. The van der Waals surface area contributed by atoms with E-state index >= 15 is 0 Å². The fourth-order valence-corrected chi connectivity index (χ4v) is 3.87. The number of thiazole rings is 1. The van der Waals surface area contributed by atoms with Gasteiger partial charge in [0.25, 0.3) is 0 Å². The second kappa shape index (κ2) is 6.33. The Hall–Kier alpha value is -2.67. The van der Waals surface area contributed by atoms with Gasteiger partial charge in [-0.3, -0.25) is 5.32 Å². The second-order valence-electron chi connectivity index (χ2n) is 6.23. The molecule has 25 heavy (non-hydrogen) atoms. The van der Waals surface area contributed by atoms with Crippen LogP contribution in [0.2, 0.25) is 0 Å². The lowest BCUT2D eigenvalue weighted by Gasteiger charge is -2.23. The van der Waals surface area contributed by atoms with Crippen LogP contribution in [0.4, 0.5) is 15.6 Å². The summed E-state index contributed by atoms with van der Waals surface area (Å²) in [7, 11) is 0. The number of carbonyl (C=O) groups is 1. The van der Waals surface area contributed by atoms with Crippen molar-refractivity contribution in [2.24, 2.45) is 0 Å². The van der Waals surface area contributed by atoms with E-state index in [4.69, 9.17) is 4.42 Å². The SMILES string of the molecule is Cc1cc(=O)oc2cc(NC(=O)Nc3ncc(C4CCC4)s3)ccc12. The van der Waals surface area contributed by atoms with Gasteiger partial charge in [-0.15, -0.1) is 11.3 Å². The molecule has 6 nitrogen and oxygen atoms in total. The van der Waals surface area contributed by atoms with Crippen LogP contribution in [0.1, 0.15) is 35.6 Å². The molecule has 0 radical (unpaired) electrons. The number of anilines is 2. The normalized spacial score (nSPS) is 14.3. The third-order valence-corrected chi connectivity index (χ3v) is 5.54. The van der Waals surface area contributed by atoms with Gasteiger partial charge in [0.05, 0.1) is 0 Å². The van der Waals surface area contributed by atoms with E-state index in [1.165, 1.54) is 41.5 Å². The zero-order chi connectivity index (χ0) is 17.4. The number of nitrogens with zero attached hydrogens (tertiary/aromatic N) is 1. The van der Waals surface area contributed by atoms with Crippen LogP contribution in [0.3, 0.4) is 0 Å². The minimum Gasteiger partial charge on any atom is -0.423 e. The number of hydrogen-bond donors (Lipinski definition) is 2. The van der Waals surface area contributed by atoms with E-state index < -0.39 is 5.63 Å². The summed E-state index contributed by atoms with van der Waals surface area (Å²) in [6.45, 7) is 1.85. The van der Waals surface area contributed by atoms with Crippen LogP contribution in [0, 0.1) is 6.92 Å². The molecule has 0 spiro atoms. The predicted molar refractivity (Wildman–Crippen MR) is 98.6 cm³/mol. The summed E-state index contributed by atoms with van der Waals surface area (Å²) in [5, 5.41) is 6.92. The van der Waals surface area contributed by atoms with E-state index in [0.717, 1.165) is 10.9 Å². The van der Waals surface area contributed by atoms with Gasteiger partial charge in [0.15, 0.2) is 5.13 Å². The number of aromatic nitrogens is 1. The first-order valence-electron chi connectivity index (χ1n) is 8.17. The Kier molecular flexibility index (Phi) is 4.01. The monoisotopic (exact) mass is 355 g/mol. The number of carbonyl (C=O) groups excluding carboxylic acids is 1. The number of benzene rings is 1. The van der Waals surface area contributed by atoms with Gasteiger partial charge in [-0.25, -0.2) is 14.6 Å². The maximum absolute atomic E-state index is 12.2. The molecule has 1 aliphatic rings. The Morgan fingerprint density at radius 3 is 2.88 bits per heavy atom. The number of rotatable bonds is 3. The molecule has 0 saturated heterocycles. The molecule has 3 aromatic rings. The Morgan fingerprint density at radius 2 is 2.12 bits per heavy atom. The van der Waals surface area contributed by atoms with Crippen LogP contribution in [-0.4, -0.2) is 11.0 Å². The molecular formula is C18H17N3O3S. The maximum atomic E-state index is 12.2. The first-order chi connectivity index (χ1) is 12.1. The van der Waals surface area contributed by atoms with Gasteiger partial charge in [0.2, 0.25) is 0 Å². The Morgan fingerprint density at radius 1 is 1.28 bits per heavy atom. The number of amides is 2. The smallest absolute Gasteiger partial charge is 0.336 e. The second-order valence-corrected chi connectivity index (χ2v) is 7.30. The lowest BCUT2D eigenvalue weighted by atomic mass is 9.85. The maximum Gasteiger partial charge on any atom is 0.336 e. The van der Waals surface area contributed by atoms with Crippen LogP contribution >= 0.6 is 11.3 Å². The van der Waals surface area contributed by atoms with Crippen molar-refractivity contribution in [3.05, 3.63) is 51.3 Å². The minimum absolute atomic E-state index is 0.371. The van der Waals surface area contributed by atoms with Crippen molar-refractivity contribution >= 4 is 39.2 Å². The molecule has 2 heterocycles. The highest BCUT2D eigenvalue weighted by Crippen LogP contribution is 2.39. The molecule has 1 aromatic carbocycles. The van der Waals surface area contributed by atoms with Crippen molar-refractivity contribution in [3.63, 3.8) is 0 Å². The molecule has 2 amide bonds.